The minimum Gasteiger partial charge on any atom is -0.456 e. The summed E-state index contributed by atoms with van der Waals surface area (Å²) in [6, 6.07) is 75.5. The summed E-state index contributed by atoms with van der Waals surface area (Å²) in [7, 11) is 0. The summed E-state index contributed by atoms with van der Waals surface area (Å²) in [4.78, 5) is 5.37. The van der Waals surface area contributed by atoms with Gasteiger partial charge in [-0.3, -0.25) is 4.57 Å². The number of hydrogen-bond donors (Lipinski definition) is 0. The van der Waals surface area contributed by atoms with Crippen molar-refractivity contribution in [1.82, 2.24) is 14.1 Å². The fourth-order valence-corrected chi connectivity index (χ4v) is 8.99. The molecule has 12 rings (SSSR count). The molecule has 59 heavy (non-hydrogen) atoms. The number of imidazole rings is 1. The highest BCUT2D eigenvalue weighted by molar-refractivity contribution is 6.14. The molecule has 0 spiro atoms. The Balaban J connectivity index is 1.05. The Morgan fingerprint density at radius 2 is 0.898 bits per heavy atom. The van der Waals surface area contributed by atoms with Gasteiger partial charge in [-0.25, -0.2) is 4.98 Å². The number of para-hydroxylation sites is 4. The van der Waals surface area contributed by atoms with E-state index in [1.165, 1.54) is 32.9 Å². The van der Waals surface area contributed by atoms with Crippen molar-refractivity contribution in [3.8, 4) is 56.1 Å². The first-order valence-electron chi connectivity index (χ1n) is 20.0. The Kier molecular flexibility index (Phi) is 7.50. The van der Waals surface area contributed by atoms with Gasteiger partial charge in [-0.05, 0) is 106 Å². The molecule has 9 aromatic carbocycles. The Morgan fingerprint density at radius 3 is 1.63 bits per heavy atom. The van der Waals surface area contributed by atoms with E-state index < -0.39 is 0 Å². The highest BCUT2D eigenvalue weighted by atomic mass is 16.3. The highest BCUT2D eigenvalue weighted by Crippen LogP contribution is 2.43. The standard InChI is InChI=1S/C55H35N3O/c1-3-14-36(15-4-1)38-26-29-42(30-27-38)58-51-25-12-9-22-48(51)56-55(58)47-33-41(37-16-5-2-6-17-37)35-53-54(47)46-31-28-40(34-52(46)59-53)39-18-13-19-43(32-39)57-49-23-10-7-20-44(49)45-21-8-11-24-50(45)57/h1-35H. The normalized spacial score (nSPS) is 11.7. The third-order valence-corrected chi connectivity index (χ3v) is 11.7. The second-order valence-electron chi connectivity index (χ2n) is 15.2. The van der Waals surface area contributed by atoms with Crippen molar-refractivity contribution in [2.24, 2.45) is 0 Å². The monoisotopic (exact) mass is 753 g/mol. The van der Waals surface area contributed by atoms with Crippen LogP contribution in [0, 0.1) is 0 Å². The molecule has 12 aromatic rings. The van der Waals surface area contributed by atoms with E-state index in [1.807, 2.05) is 0 Å². The number of benzene rings is 9. The number of hydrogen-bond acceptors (Lipinski definition) is 2. The predicted octanol–water partition coefficient (Wildman–Crippen LogP) is 14.7. The first-order valence-corrected chi connectivity index (χ1v) is 20.0. The van der Waals surface area contributed by atoms with Crippen molar-refractivity contribution >= 4 is 54.8 Å². The van der Waals surface area contributed by atoms with Gasteiger partial charge in [0.2, 0.25) is 0 Å². The summed E-state index contributed by atoms with van der Waals surface area (Å²) in [6.07, 6.45) is 0. The fourth-order valence-electron chi connectivity index (χ4n) is 8.99. The van der Waals surface area contributed by atoms with Crippen LogP contribution in [0.1, 0.15) is 0 Å². The van der Waals surface area contributed by atoms with E-state index in [4.69, 9.17) is 9.40 Å². The number of aromatic nitrogens is 3. The summed E-state index contributed by atoms with van der Waals surface area (Å²) >= 11 is 0. The molecule has 0 bridgehead atoms. The second-order valence-corrected chi connectivity index (χ2v) is 15.2. The lowest BCUT2D eigenvalue weighted by Crippen LogP contribution is -1.98. The van der Waals surface area contributed by atoms with Gasteiger partial charge < -0.3 is 8.98 Å². The third-order valence-electron chi connectivity index (χ3n) is 11.7. The predicted molar refractivity (Wildman–Crippen MR) is 244 cm³/mol. The average Bonchev–Trinajstić information content (AvgIpc) is 3.99. The topological polar surface area (TPSA) is 35.9 Å². The number of nitrogens with zero attached hydrogens (tertiary/aromatic N) is 3. The highest BCUT2D eigenvalue weighted by Gasteiger charge is 2.22. The molecule has 0 aliphatic carbocycles. The largest absolute Gasteiger partial charge is 0.456 e. The van der Waals surface area contributed by atoms with Crippen molar-refractivity contribution in [2.45, 2.75) is 0 Å². The minimum absolute atomic E-state index is 0.825. The molecule has 3 aromatic heterocycles. The zero-order chi connectivity index (χ0) is 38.9. The van der Waals surface area contributed by atoms with Gasteiger partial charge >= 0.3 is 0 Å². The Hall–Kier alpha value is -7.95. The van der Waals surface area contributed by atoms with Gasteiger partial charge in [-0.1, -0.05) is 140 Å². The summed E-state index contributed by atoms with van der Waals surface area (Å²) in [5.74, 6) is 0.868. The molecule has 0 radical (unpaired) electrons. The summed E-state index contributed by atoms with van der Waals surface area (Å²) in [6.45, 7) is 0. The van der Waals surface area contributed by atoms with Crippen molar-refractivity contribution < 1.29 is 4.42 Å². The molecule has 0 saturated carbocycles. The van der Waals surface area contributed by atoms with Gasteiger partial charge in [0.25, 0.3) is 0 Å². The average molecular weight is 754 g/mol. The van der Waals surface area contributed by atoms with E-state index in [2.05, 4.69) is 221 Å². The maximum Gasteiger partial charge on any atom is 0.146 e. The molecule has 0 unspecified atom stereocenters. The smallest absolute Gasteiger partial charge is 0.146 e. The molecule has 3 heterocycles. The van der Waals surface area contributed by atoms with E-state index in [0.29, 0.717) is 0 Å². The van der Waals surface area contributed by atoms with Crippen LogP contribution in [0.4, 0.5) is 0 Å². The van der Waals surface area contributed by atoms with Gasteiger partial charge in [0.15, 0.2) is 0 Å². The lowest BCUT2D eigenvalue weighted by atomic mass is 9.97. The first-order chi connectivity index (χ1) is 29.2. The molecule has 276 valence electrons. The van der Waals surface area contributed by atoms with Crippen LogP contribution in [0.5, 0.6) is 0 Å². The van der Waals surface area contributed by atoms with E-state index in [-0.39, 0.29) is 0 Å². The summed E-state index contributed by atoms with van der Waals surface area (Å²) < 4.78 is 11.6. The van der Waals surface area contributed by atoms with E-state index in [1.54, 1.807) is 0 Å². The summed E-state index contributed by atoms with van der Waals surface area (Å²) in [5, 5.41) is 4.60. The molecule has 0 aliphatic heterocycles. The van der Waals surface area contributed by atoms with Gasteiger partial charge in [-0.2, -0.15) is 0 Å². The Morgan fingerprint density at radius 1 is 0.339 bits per heavy atom. The van der Waals surface area contributed by atoms with Crippen LogP contribution in [0.25, 0.3) is 111 Å². The second kappa shape index (κ2) is 13.3. The van der Waals surface area contributed by atoms with Crippen LogP contribution in [0.3, 0.4) is 0 Å². The van der Waals surface area contributed by atoms with Gasteiger partial charge in [0, 0.05) is 38.5 Å². The van der Waals surface area contributed by atoms with E-state index in [0.717, 1.165) is 78.0 Å². The maximum absolute atomic E-state index is 6.90. The first kappa shape index (κ1) is 33.2. The molecule has 0 aliphatic rings. The number of furan rings is 1. The molecule has 0 saturated heterocycles. The van der Waals surface area contributed by atoms with E-state index >= 15 is 0 Å². The molecule has 0 N–H and O–H groups in total. The lowest BCUT2D eigenvalue weighted by molar-refractivity contribution is 0.669. The fraction of sp³-hybridized carbons (Fsp3) is 0. The zero-order valence-corrected chi connectivity index (χ0v) is 32.0. The zero-order valence-electron chi connectivity index (χ0n) is 32.0. The molecule has 0 amide bonds. The van der Waals surface area contributed by atoms with Crippen LogP contribution >= 0.6 is 0 Å². The van der Waals surface area contributed by atoms with Crippen LogP contribution < -0.4 is 0 Å². The van der Waals surface area contributed by atoms with Crippen molar-refractivity contribution in [2.75, 3.05) is 0 Å². The van der Waals surface area contributed by atoms with Gasteiger partial charge in [0.05, 0.1) is 22.1 Å². The lowest BCUT2D eigenvalue weighted by Gasteiger charge is -2.13. The Labute approximate surface area is 340 Å². The van der Waals surface area contributed by atoms with Crippen LogP contribution in [-0.2, 0) is 0 Å². The van der Waals surface area contributed by atoms with Crippen LogP contribution in [0.15, 0.2) is 217 Å². The van der Waals surface area contributed by atoms with Gasteiger partial charge in [-0.15, -0.1) is 0 Å². The molecule has 0 fully saturated rings. The van der Waals surface area contributed by atoms with Crippen LogP contribution in [-0.4, -0.2) is 14.1 Å². The van der Waals surface area contributed by atoms with Crippen LogP contribution in [0.2, 0.25) is 0 Å². The third kappa shape index (κ3) is 5.42. The van der Waals surface area contributed by atoms with Gasteiger partial charge in [0.1, 0.15) is 17.0 Å². The number of fused-ring (bicyclic) bond motifs is 7. The number of rotatable bonds is 6. The quantitative estimate of drug-likeness (QED) is 0.169. The molecule has 4 nitrogen and oxygen atoms in total. The Bertz CT molecular complexity index is 3480. The molecular weight excluding hydrogens is 719 g/mol. The van der Waals surface area contributed by atoms with Crippen molar-refractivity contribution in [3.05, 3.63) is 212 Å². The summed E-state index contributed by atoms with van der Waals surface area (Å²) in [5.41, 5.74) is 16.0. The van der Waals surface area contributed by atoms with Crippen molar-refractivity contribution in [3.63, 3.8) is 0 Å². The van der Waals surface area contributed by atoms with Crippen molar-refractivity contribution in [1.29, 1.82) is 0 Å². The molecule has 0 atom stereocenters. The molecule has 4 heteroatoms. The molecular formula is C55H35N3O. The van der Waals surface area contributed by atoms with E-state index in [9.17, 15) is 0 Å². The maximum atomic E-state index is 6.90. The minimum atomic E-state index is 0.825. The SMILES string of the molecule is c1ccc(-c2ccc(-n3c(-c4cc(-c5ccccc5)cc5oc6cc(-c7cccc(-n8c9ccccc9c9ccccc98)c7)ccc6c45)nc4ccccc43)cc2)cc1.